The van der Waals surface area contributed by atoms with Crippen molar-refractivity contribution in [1.82, 2.24) is 9.78 Å². The first-order chi connectivity index (χ1) is 8.74. The van der Waals surface area contributed by atoms with Crippen molar-refractivity contribution in [2.24, 2.45) is 0 Å². The molecule has 0 aromatic carbocycles. The van der Waals surface area contributed by atoms with E-state index in [0.29, 0.717) is 0 Å². The lowest BCUT2D eigenvalue weighted by atomic mass is 10.3. The number of nitrogens with one attached hydrogen (secondary N) is 1. The summed E-state index contributed by atoms with van der Waals surface area (Å²) in [5.41, 5.74) is -1.11. The Labute approximate surface area is 110 Å². The van der Waals surface area contributed by atoms with Gasteiger partial charge < -0.3 is 15.5 Å². The molecule has 0 fully saturated rings. The minimum atomic E-state index is -4.58. The molecule has 1 rings (SSSR count). The fourth-order valence-electron chi connectivity index (χ4n) is 1.16. The molecule has 1 unspecified atom stereocenters. The third-order valence-electron chi connectivity index (χ3n) is 2.05. The monoisotopic (exact) mass is 301 g/mol. The molecule has 1 heterocycles. The lowest BCUT2D eigenvalue weighted by Gasteiger charge is -2.13. The van der Waals surface area contributed by atoms with Gasteiger partial charge in [-0.25, -0.2) is 4.68 Å². The minimum absolute atomic E-state index is 0.0161. The fraction of sp³-hybridized carbons (Fsp3) is 0.556. The molecule has 19 heavy (non-hydrogen) atoms. The van der Waals surface area contributed by atoms with Crippen LogP contribution in [0.1, 0.15) is 0 Å². The zero-order valence-electron chi connectivity index (χ0n) is 9.48. The van der Waals surface area contributed by atoms with Crippen LogP contribution in [0.5, 0.6) is 0 Å². The van der Waals surface area contributed by atoms with E-state index in [4.69, 9.17) is 21.8 Å². The third kappa shape index (κ3) is 4.69. The lowest BCUT2D eigenvalue weighted by Crippen LogP contribution is -2.31. The summed E-state index contributed by atoms with van der Waals surface area (Å²) in [6.07, 6.45) is -4.73. The molecule has 0 saturated heterocycles. The van der Waals surface area contributed by atoms with E-state index in [2.05, 4.69) is 10.4 Å². The molecule has 0 bridgehead atoms. The van der Waals surface area contributed by atoms with Crippen LogP contribution >= 0.6 is 11.6 Å². The van der Waals surface area contributed by atoms with Crippen molar-refractivity contribution < 1.29 is 23.4 Å². The Morgan fingerprint density at radius 3 is 2.68 bits per heavy atom. The molecule has 0 spiro atoms. The molecule has 0 amide bonds. The van der Waals surface area contributed by atoms with Gasteiger partial charge in [-0.15, -0.1) is 0 Å². The van der Waals surface area contributed by atoms with Crippen LogP contribution in [0.2, 0.25) is 5.02 Å². The Morgan fingerprint density at radius 2 is 2.16 bits per heavy atom. The molecule has 1 aromatic rings. The Kier molecular flexibility index (Phi) is 5.15. The summed E-state index contributed by atoms with van der Waals surface area (Å²) in [5, 5.41) is 23.0. The van der Waals surface area contributed by atoms with Gasteiger partial charge >= 0.3 is 6.18 Å². The summed E-state index contributed by atoms with van der Waals surface area (Å²) in [6, 6.07) is 0. The summed E-state index contributed by atoms with van der Waals surface area (Å²) < 4.78 is 36.6. The largest absolute Gasteiger partial charge is 0.408 e. The van der Waals surface area contributed by atoms with Crippen molar-refractivity contribution in [3.05, 3.63) is 21.6 Å². The number of aromatic nitrogens is 2. The average molecular weight is 302 g/mol. The predicted molar refractivity (Wildman–Crippen MR) is 61.1 cm³/mol. The highest BCUT2D eigenvalue weighted by Gasteiger charge is 2.29. The van der Waals surface area contributed by atoms with Crippen molar-refractivity contribution >= 4 is 17.3 Å². The number of alkyl halides is 3. The molecule has 1 aromatic heterocycles. The van der Waals surface area contributed by atoms with Gasteiger partial charge in [-0.2, -0.15) is 18.3 Å². The van der Waals surface area contributed by atoms with E-state index in [1.54, 1.807) is 0 Å². The summed E-state index contributed by atoms with van der Waals surface area (Å²) in [4.78, 5) is 11.5. The number of aliphatic hydroxyl groups is 2. The first kappa shape index (κ1) is 15.7. The van der Waals surface area contributed by atoms with Crippen LogP contribution in [0.4, 0.5) is 18.9 Å². The number of hydrogen-bond donors (Lipinski definition) is 3. The summed E-state index contributed by atoms with van der Waals surface area (Å²) in [7, 11) is 0. The molecule has 0 aliphatic rings. The van der Waals surface area contributed by atoms with Crippen molar-refractivity contribution in [3.8, 4) is 0 Å². The second-order valence-corrected chi connectivity index (χ2v) is 4.05. The molecule has 0 radical (unpaired) electrons. The first-order valence-corrected chi connectivity index (χ1v) is 5.47. The molecule has 1 atom stereocenters. The number of hydrogen-bond acceptors (Lipinski definition) is 5. The highest BCUT2D eigenvalue weighted by molar-refractivity contribution is 6.32. The van der Waals surface area contributed by atoms with E-state index >= 15 is 0 Å². The second-order valence-electron chi connectivity index (χ2n) is 3.67. The molecule has 0 aliphatic carbocycles. The maximum atomic E-state index is 12.1. The summed E-state index contributed by atoms with van der Waals surface area (Å²) in [6.45, 7) is -2.17. The zero-order chi connectivity index (χ0) is 14.6. The molecule has 3 N–H and O–H groups in total. The lowest BCUT2D eigenvalue weighted by molar-refractivity contribution is -0.143. The van der Waals surface area contributed by atoms with Crippen molar-refractivity contribution in [1.29, 1.82) is 0 Å². The quantitative estimate of drug-likeness (QED) is 0.724. The van der Waals surface area contributed by atoms with E-state index in [1.165, 1.54) is 0 Å². The van der Waals surface area contributed by atoms with Crippen molar-refractivity contribution in [2.75, 3.05) is 18.5 Å². The second kappa shape index (κ2) is 6.22. The van der Waals surface area contributed by atoms with Crippen LogP contribution in [0, 0.1) is 0 Å². The van der Waals surface area contributed by atoms with E-state index in [0.717, 1.165) is 6.20 Å². The smallest absolute Gasteiger partial charge is 0.394 e. The summed E-state index contributed by atoms with van der Waals surface area (Å²) in [5.74, 6) is 0. The predicted octanol–water partition coefficient (Wildman–Crippen LogP) is 0.224. The molecular formula is C9H11ClF3N3O3. The third-order valence-corrected chi connectivity index (χ3v) is 2.42. The number of aliphatic hydroxyl groups excluding tert-OH is 2. The van der Waals surface area contributed by atoms with E-state index in [1.807, 2.05) is 0 Å². The molecule has 0 saturated carbocycles. The summed E-state index contributed by atoms with van der Waals surface area (Å²) >= 11 is 5.61. The Balaban J connectivity index is 2.89. The van der Waals surface area contributed by atoms with Crippen molar-refractivity contribution in [2.45, 2.75) is 18.8 Å². The normalized spacial score (nSPS) is 13.4. The van der Waals surface area contributed by atoms with Gasteiger partial charge in [-0.1, -0.05) is 11.6 Å². The zero-order valence-corrected chi connectivity index (χ0v) is 10.2. The van der Waals surface area contributed by atoms with Crippen LogP contribution in [0.15, 0.2) is 11.0 Å². The molecule has 10 heteroatoms. The Bertz CT molecular complexity index is 492. The fourth-order valence-corrected chi connectivity index (χ4v) is 1.38. The van der Waals surface area contributed by atoms with Crippen LogP contribution in [0.3, 0.4) is 0 Å². The van der Waals surface area contributed by atoms with Gasteiger partial charge in [-0.05, 0) is 0 Å². The van der Waals surface area contributed by atoms with E-state index < -0.39 is 36.0 Å². The van der Waals surface area contributed by atoms with Gasteiger partial charge in [0.05, 0.1) is 24.6 Å². The van der Waals surface area contributed by atoms with Crippen LogP contribution in [0.25, 0.3) is 0 Å². The highest BCUT2D eigenvalue weighted by atomic mass is 35.5. The van der Waals surface area contributed by atoms with Crippen LogP contribution in [-0.4, -0.2) is 45.4 Å². The standard InChI is InChI=1S/C9H11ClF3N3O3/c10-7-6(14-1-5(18)3-17)2-15-16(8(7)19)4-9(11,12)13/h2,5,14,17-18H,1,3-4H2. The van der Waals surface area contributed by atoms with E-state index in [9.17, 15) is 18.0 Å². The van der Waals surface area contributed by atoms with E-state index in [-0.39, 0.29) is 16.9 Å². The number of nitrogens with zero attached hydrogens (tertiary/aromatic N) is 2. The highest BCUT2D eigenvalue weighted by Crippen LogP contribution is 2.18. The van der Waals surface area contributed by atoms with Gasteiger partial charge in [0.15, 0.2) is 0 Å². The Hall–Kier alpha value is -1.32. The molecular weight excluding hydrogens is 291 g/mol. The maximum absolute atomic E-state index is 12.1. The van der Waals surface area contributed by atoms with Gasteiger partial charge in [0.1, 0.15) is 11.6 Å². The molecule has 0 aliphatic heterocycles. The Morgan fingerprint density at radius 1 is 1.53 bits per heavy atom. The van der Waals surface area contributed by atoms with Gasteiger partial charge in [0, 0.05) is 6.54 Å². The topological polar surface area (TPSA) is 87.4 Å². The number of halogens is 4. The van der Waals surface area contributed by atoms with Gasteiger partial charge in [0.2, 0.25) is 0 Å². The average Bonchev–Trinajstić information content (AvgIpc) is 2.32. The van der Waals surface area contributed by atoms with Crippen LogP contribution in [-0.2, 0) is 6.54 Å². The van der Waals surface area contributed by atoms with Gasteiger partial charge in [0.25, 0.3) is 5.56 Å². The number of anilines is 1. The molecule has 108 valence electrons. The van der Waals surface area contributed by atoms with Gasteiger partial charge in [-0.3, -0.25) is 4.79 Å². The molecule has 6 nitrogen and oxygen atoms in total. The number of rotatable bonds is 5. The minimum Gasteiger partial charge on any atom is -0.394 e. The maximum Gasteiger partial charge on any atom is 0.408 e. The SMILES string of the molecule is O=c1c(Cl)c(NCC(O)CO)cnn1CC(F)(F)F. The first-order valence-electron chi connectivity index (χ1n) is 5.09. The van der Waals surface area contributed by atoms with Crippen molar-refractivity contribution in [3.63, 3.8) is 0 Å². The van der Waals surface area contributed by atoms with Crippen LogP contribution < -0.4 is 10.9 Å².